The zero-order chi connectivity index (χ0) is 15.0. The van der Waals surface area contributed by atoms with Crippen LogP contribution < -0.4 is 10.2 Å². The molecule has 0 bridgehead atoms. The van der Waals surface area contributed by atoms with Crippen LogP contribution in [0.15, 0.2) is 6.07 Å². The van der Waals surface area contributed by atoms with Crippen molar-refractivity contribution in [3.63, 3.8) is 0 Å². The van der Waals surface area contributed by atoms with Crippen LogP contribution in [-0.4, -0.2) is 49.9 Å². The molecule has 114 valence electrons. The van der Waals surface area contributed by atoms with Crippen molar-refractivity contribution in [1.82, 2.24) is 9.97 Å². The summed E-state index contributed by atoms with van der Waals surface area (Å²) in [6, 6.07) is 2.22. The molecule has 0 amide bonds. The van der Waals surface area contributed by atoms with Gasteiger partial charge in [0.1, 0.15) is 18.2 Å². The average molecular weight is 282 g/mol. The van der Waals surface area contributed by atoms with Crippen LogP contribution in [0, 0.1) is 0 Å². The molecule has 1 unspecified atom stereocenters. The van der Waals surface area contributed by atoms with E-state index < -0.39 is 0 Å². The maximum Gasteiger partial charge on any atom is 0.158 e. The number of nitrogens with zero attached hydrogens (tertiary/aromatic N) is 3. The Balaban J connectivity index is 3.05. The largest absolute Gasteiger partial charge is 0.383 e. The molecule has 1 aromatic rings. The van der Waals surface area contributed by atoms with Crippen LogP contribution in [0.4, 0.5) is 11.6 Å². The lowest BCUT2D eigenvalue weighted by Crippen LogP contribution is -2.37. The molecule has 1 N–H and O–H groups in total. The highest BCUT2D eigenvalue weighted by Crippen LogP contribution is 2.18. The molecule has 0 aliphatic carbocycles. The minimum atomic E-state index is 0.254. The summed E-state index contributed by atoms with van der Waals surface area (Å²) >= 11 is 0. The third-order valence-corrected chi connectivity index (χ3v) is 2.97. The van der Waals surface area contributed by atoms with Crippen molar-refractivity contribution in [2.24, 2.45) is 0 Å². The summed E-state index contributed by atoms with van der Waals surface area (Å²) < 4.78 is 10.4. The second kappa shape index (κ2) is 8.71. The number of likely N-dealkylation sites (N-methyl/N-ethyl adjacent to an activating group) is 1. The smallest absolute Gasteiger partial charge is 0.158 e. The normalized spacial score (nSPS) is 12.2. The predicted octanol–water partition coefficient (Wildman–Crippen LogP) is 1.92. The highest BCUT2D eigenvalue weighted by molar-refractivity contribution is 5.50. The second-order valence-corrected chi connectivity index (χ2v) is 4.58. The highest BCUT2D eigenvalue weighted by Gasteiger charge is 2.16. The third-order valence-electron chi connectivity index (χ3n) is 2.97. The predicted molar refractivity (Wildman–Crippen MR) is 81.3 cm³/mol. The van der Waals surface area contributed by atoms with Gasteiger partial charge in [0, 0.05) is 33.4 Å². The topological polar surface area (TPSA) is 59.5 Å². The van der Waals surface area contributed by atoms with Gasteiger partial charge >= 0.3 is 0 Å². The van der Waals surface area contributed by atoms with Crippen LogP contribution in [0.3, 0.4) is 0 Å². The molecule has 6 nitrogen and oxygen atoms in total. The van der Waals surface area contributed by atoms with Gasteiger partial charge < -0.3 is 19.7 Å². The summed E-state index contributed by atoms with van der Waals surface area (Å²) in [4.78, 5) is 11.2. The standard InChI is InChI=1S/C14H26N4O2/c1-6-15-12-8-14(17-13(16-12)10-20-5)18(7-2)11(3)9-19-4/h8,11H,6-7,9-10H2,1-5H3,(H,15,16,17). The molecule has 0 aliphatic heterocycles. The number of hydrogen-bond acceptors (Lipinski definition) is 6. The highest BCUT2D eigenvalue weighted by atomic mass is 16.5. The van der Waals surface area contributed by atoms with Gasteiger partial charge in [0.2, 0.25) is 0 Å². The molecular formula is C14H26N4O2. The van der Waals surface area contributed by atoms with E-state index >= 15 is 0 Å². The Morgan fingerprint density at radius 3 is 2.55 bits per heavy atom. The first-order valence-electron chi connectivity index (χ1n) is 7.02. The van der Waals surface area contributed by atoms with Crippen molar-refractivity contribution in [2.45, 2.75) is 33.4 Å². The van der Waals surface area contributed by atoms with Crippen LogP contribution in [0.5, 0.6) is 0 Å². The van der Waals surface area contributed by atoms with Gasteiger partial charge in [0.15, 0.2) is 5.82 Å². The molecule has 0 spiro atoms. The number of methoxy groups -OCH3 is 2. The van der Waals surface area contributed by atoms with Gasteiger partial charge in [-0.25, -0.2) is 9.97 Å². The Morgan fingerprint density at radius 1 is 1.25 bits per heavy atom. The lowest BCUT2D eigenvalue weighted by Gasteiger charge is -2.29. The molecule has 1 rings (SSSR count). The van der Waals surface area contributed by atoms with Crippen LogP contribution >= 0.6 is 0 Å². The van der Waals surface area contributed by atoms with E-state index in [1.165, 1.54) is 0 Å². The lowest BCUT2D eigenvalue weighted by atomic mass is 10.3. The van der Waals surface area contributed by atoms with E-state index in [0.29, 0.717) is 19.0 Å². The maximum absolute atomic E-state index is 5.24. The fourth-order valence-electron chi connectivity index (χ4n) is 2.13. The molecular weight excluding hydrogens is 256 g/mol. The number of aromatic nitrogens is 2. The summed E-state index contributed by atoms with van der Waals surface area (Å²) in [6.45, 7) is 9.02. The van der Waals surface area contributed by atoms with E-state index in [9.17, 15) is 0 Å². The molecule has 0 fully saturated rings. The van der Waals surface area contributed by atoms with Gasteiger partial charge in [-0.2, -0.15) is 0 Å². The lowest BCUT2D eigenvalue weighted by molar-refractivity contribution is 0.177. The molecule has 0 saturated heterocycles. The molecule has 1 heterocycles. The summed E-state index contributed by atoms with van der Waals surface area (Å²) in [7, 11) is 3.36. The van der Waals surface area contributed by atoms with E-state index in [2.05, 4.69) is 34.0 Å². The zero-order valence-electron chi connectivity index (χ0n) is 13.1. The average Bonchev–Trinajstić information content (AvgIpc) is 2.40. The molecule has 1 aromatic heterocycles. The zero-order valence-corrected chi connectivity index (χ0v) is 13.1. The van der Waals surface area contributed by atoms with Crippen molar-refractivity contribution in [2.75, 3.05) is 44.1 Å². The Morgan fingerprint density at radius 2 is 2.00 bits per heavy atom. The maximum atomic E-state index is 5.24. The van der Waals surface area contributed by atoms with E-state index in [1.807, 2.05) is 13.0 Å². The number of anilines is 2. The van der Waals surface area contributed by atoms with Crippen LogP contribution in [0.25, 0.3) is 0 Å². The summed E-state index contributed by atoms with van der Waals surface area (Å²) in [5.41, 5.74) is 0. The van der Waals surface area contributed by atoms with Gasteiger partial charge in [-0.1, -0.05) is 0 Å². The van der Waals surface area contributed by atoms with E-state index in [1.54, 1.807) is 14.2 Å². The number of hydrogen-bond donors (Lipinski definition) is 1. The molecule has 0 saturated carbocycles. The fraction of sp³-hybridized carbons (Fsp3) is 0.714. The molecule has 0 aromatic carbocycles. The van der Waals surface area contributed by atoms with E-state index in [4.69, 9.17) is 9.47 Å². The number of ether oxygens (including phenoxy) is 2. The third kappa shape index (κ3) is 4.61. The van der Waals surface area contributed by atoms with Gasteiger partial charge in [-0.3, -0.25) is 0 Å². The van der Waals surface area contributed by atoms with Crippen LogP contribution in [0.1, 0.15) is 26.6 Å². The molecule has 6 heteroatoms. The minimum absolute atomic E-state index is 0.254. The molecule has 0 aliphatic rings. The van der Waals surface area contributed by atoms with Crippen LogP contribution in [-0.2, 0) is 16.1 Å². The SMILES string of the molecule is CCNc1cc(N(CC)C(C)COC)nc(COC)n1. The van der Waals surface area contributed by atoms with Crippen LogP contribution in [0.2, 0.25) is 0 Å². The van der Waals surface area contributed by atoms with Crippen molar-refractivity contribution >= 4 is 11.6 Å². The fourth-order valence-corrected chi connectivity index (χ4v) is 2.13. The number of nitrogens with one attached hydrogen (secondary N) is 1. The Hall–Kier alpha value is -1.40. The Labute approximate surface area is 121 Å². The quantitative estimate of drug-likeness (QED) is 0.746. The van der Waals surface area contributed by atoms with Crippen molar-refractivity contribution in [3.8, 4) is 0 Å². The van der Waals surface area contributed by atoms with Crippen molar-refractivity contribution in [1.29, 1.82) is 0 Å². The summed E-state index contributed by atoms with van der Waals surface area (Å²) in [6.07, 6.45) is 0. The van der Waals surface area contributed by atoms with Gasteiger partial charge in [0.05, 0.1) is 12.6 Å². The molecule has 0 radical (unpaired) electrons. The Bertz CT molecular complexity index is 377. The molecule has 20 heavy (non-hydrogen) atoms. The summed E-state index contributed by atoms with van der Waals surface area (Å²) in [5.74, 6) is 2.41. The first-order chi connectivity index (χ1) is 9.65. The second-order valence-electron chi connectivity index (χ2n) is 4.58. The first-order valence-corrected chi connectivity index (χ1v) is 7.02. The monoisotopic (exact) mass is 282 g/mol. The number of rotatable bonds is 9. The minimum Gasteiger partial charge on any atom is -0.383 e. The Kier molecular flexibility index (Phi) is 7.25. The molecule has 1 atom stereocenters. The van der Waals surface area contributed by atoms with Crippen molar-refractivity contribution < 1.29 is 9.47 Å². The van der Waals surface area contributed by atoms with Gasteiger partial charge in [-0.05, 0) is 20.8 Å². The first kappa shape index (κ1) is 16.7. The van der Waals surface area contributed by atoms with E-state index in [0.717, 1.165) is 24.7 Å². The van der Waals surface area contributed by atoms with Gasteiger partial charge in [0.25, 0.3) is 0 Å². The van der Waals surface area contributed by atoms with Gasteiger partial charge in [-0.15, -0.1) is 0 Å². The van der Waals surface area contributed by atoms with Crippen molar-refractivity contribution in [3.05, 3.63) is 11.9 Å². The van der Waals surface area contributed by atoms with E-state index in [-0.39, 0.29) is 6.04 Å². The summed E-state index contributed by atoms with van der Waals surface area (Å²) in [5, 5.41) is 3.23.